The summed E-state index contributed by atoms with van der Waals surface area (Å²) in [6.45, 7) is 0.899. The van der Waals surface area contributed by atoms with E-state index in [9.17, 15) is 18.0 Å². The van der Waals surface area contributed by atoms with E-state index in [-0.39, 0.29) is 17.9 Å². The van der Waals surface area contributed by atoms with Gasteiger partial charge < -0.3 is 9.64 Å². The van der Waals surface area contributed by atoms with Gasteiger partial charge >= 0.3 is 6.18 Å². The Hall–Kier alpha value is -2.09. The topological polar surface area (TPSA) is 42.4 Å². The highest BCUT2D eigenvalue weighted by Crippen LogP contribution is 2.31. The molecule has 128 valence electrons. The fourth-order valence-electron chi connectivity index (χ4n) is 2.55. The lowest BCUT2D eigenvalue weighted by atomic mass is 10.2. The van der Waals surface area contributed by atoms with Gasteiger partial charge in [-0.2, -0.15) is 13.2 Å². The van der Waals surface area contributed by atoms with Gasteiger partial charge in [0.25, 0.3) is 0 Å². The lowest BCUT2D eigenvalue weighted by Gasteiger charge is -2.17. The Kier molecular flexibility index (Phi) is 4.75. The molecule has 3 rings (SSSR count). The molecule has 0 radical (unpaired) electrons. The number of ether oxygens (including phenoxy) is 1. The molecule has 3 heterocycles. The third-order valence-corrected chi connectivity index (χ3v) is 4.63. The number of thiophene rings is 1. The van der Waals surface area contributed by atoms with Crippen molar-refractivity contribution in [3.63, 3.8) is 0 Å². The average Bonchev–Trinajstić information content (AvgIpc) is 3.18. The molecule has 2 aromatic rings. The van der Waals surface area contributed by atoms with Gasteiger partial charge in [-0.1, -0.05) is 6.07 Å². The molecule has 4 nitrogen and oxygen atoms in total. The summed E-state index contributed by atoms with van der Waals surface area (Å²) in [5.74, 6) is -0.0667. The Morgan fingerprint density at radius 2 is 2.25 bits per heavy atom. The molecule has 1 aliphatic rings. The monoisotopic (exact) mass is 356 g/mol. The molecule has 1 atom stereocenters. The summed E-state index contributed by atoms with van der Waals surface area (Å²) in [6, 6.07) is 5.58. The summed E-state index contributed by atoms with van der Waals surface area (Å²) >= 11 is 1.52. The Bertz CT molecular complexity index is 704. The number of pyridine rings is 1. The molecule has 1 aliphatic heterocycles. The van der Waals surface area contributed by atoms with E-state index >= 15 is 0 Å². The van der Waals surface area contributed by atoms with E-state index in [0.717, 1.165) is 23.2 Å². The second-order valence-corrected chi connectivity index (χ2v) is 6.54. The van der Waals surface area contributed by atoms with Crippen LogP contribution in [0.25, 0.3) is 0 Å². The number of hydrogen-bond donors (Lipinski definition) is 0. The van der Waals surface area contributed by atoms with Gasteiger partial charge in [0.2, 0.25) is 11.8 Å². The van der Waals surface area contributed by atoms with Crippen molar-refractivity contribution in [1.29, 1.82) is 0 Å². The van der Waals surface area contributed by atoms with E-state index < -0.39 is 11.7 Å². The number of halogens is 3. The van der Waals surface area contributed by atoms with Crippen LogP contribution in [0.1, 0.15) is 16.9 Å². The SMILES string of the molecule is O=C(Cc1cccs1)N1CC[C@@H](Oc2cc(C(F)(F)F)ccn2)C1. The van der Waals surface area contributed by atoms with E-state index in [1.54, 1.807) is 4.90 Å². The van der Waals surface area contributed by atoms with Crippen LogP contribution in [-0.2, 0) is 17.4 Å². The zero-order chi connectivity index (χ0) is 17.2. The maximum Gasteiger partial charge on any atom is 0.416 e. The van der Waals surface area contributed by atoms with Crippen LogP contribution >= 0.6 is 11.3 Å². The molecule has 0 saturated carbocycles. The van der Waals surface area contributed by atoms with E-state index in [1.165, 1.54) is 11.3 Å². The number of alkyl halides is 3. The first-order valence-corrected chi connectivity index (χ1v) is 8.30. The normalized spacial score (nSPS) is 18.0. The van der Waals surface area contributed by atoms with Gasteiger partial charge in [-0.15, -0.1) is 11.3 Å². The van der Waals surface area contributed by atoms with Crippen molar-refractivity contribution in [3.05, 3.63) is 46.3 Å². The van der Waals surface area contributed by atoms with Crippen LogP contribution in [0, 0.1) is 0 Å². The second-order valence-electron chi connectivity index (χ2n) is 5.50. The Labute approximate surface area is 140 Å². The Morgan fingerprint density at radius 3 is 2.96 bits per heavy atom. The molecule has 24 heavy (non-hydrogen) atoms. The standard InChI is InChI=1S/C16H15F3N2O2S/c17-16(18,19)11-3-5-20-14(8-11)23-12-4-6-21(10-12)15(22)9-13-2-1-7-24-13/h1-3,5,7-8,12H,4,6,9-10H2/t12-/m1/s1. The summed E-state index contributed by atoms with van der Waals surface area (Å²) < 4.78 is 43.6. The number of carbonyl (C=O) groups excluding carboxylic acids is 1. The van der Waals surface area contributed by atoms with Crippen molar-refractivity contribution < 1.29 is 22.7 Å². The lowest BCUT2D eigenvalue weighted by Crippen LogP contribution is -2.32. The van der Waals surface area contributed by atoms with Crippen LogP contribution in [0.4, 0.5) is 13.2 Å². The van der Waals surface area contributed by atoms with Crippen LogP contribution in [0.3, 0.4) is 0 Å². The number of carbonyl (C=O) groups is 1. The Morgan fingerprint density at radius 1 is 1.42 bits per heavy atom. The third-order valence-electron chi connectivity index (χ3n) is 3.75. The Balaban J connectivity index is 1.57. The minimum Gasteiger partial charge on any atom is -0.472 e. The quantitative estimate of drug-likeness (QED) is 0.843. The number of amides is 1. The minimum absolute atomic E-state index is 0.000511. The van der Waals surface area contributed by atoms with Gasteiger partial charge in [-0.25, -0.2) is 4.98 Å². The molecule has 0 aromatic carbocycles. The van der Waals surface area contributed by atoms with Crippen molar-refractivity contribution in [3.8, 4) is 5.88 Å². The molecule has 8 heteroatoms. The van der Waals surface area contributed by atoms with Crippen molar-refractivity contribution >= 4 is 17.2 Å². The summed E-state index contributed by atoms with van der Waals surface area (Å²) in [5.41, 5.74) is -0.795. The number of hydrogen-bond acceptors (Lipinski definition) is 4. The molecule has 0 aliphatic carbocycles. The molecular formula is C16H15F3N2O2S. The predicted octanol–water partition coefficient (Wildman–Crippen LogP) is 3.38. The molecule has 0 spiro atoms. The van der Waals surface area contributed by atoms with Crippen molar-refractivity contribution in [2.75, 3.05) is 13.1 Å². The number of nitrogens with zero attached hydrogens (tertiary/aromatic N) is 2. The highest BCUT2D eigenvalue weighted by atomic mass is 32.1. The van der Waals surface area contributed by atoms with E-state index in [2.05, 4.69) is 4.98 Å². The molecule has 1 fully saturated rings. The summed E-state index contributed by atoms with van der Waals surface area (Å²) in [6.07, 6.45) is -2.78. The summed E-state index contributed by atoms with van der Waals surface area (Å²) in [4.78, 5) is 18.7. The molecule has 1 saturated heterocycles. The molecule has 0 N–H and O–H groups in total. The molecule has 1 amide bonds. The van der Waals surface area contributed by atoms with Gasteiger partial charge in [-0.05, 0) is 17.5 Å². The predicted molar refractivity (Wildman–Crippen MR) is 82.9 cm³/mol. The van der Waals surface area contributed by atoms with Crippen molar-refractivity contribution in [2.24, 2.45) is 0 Å². The maximum absolute atomic E-state index is 12.7. The summed E-state index contributed by atoms with van der Waals surface area (Å²) in [5, 5.41) is 1.91. The molecular weight excluding hydrogens is 341 g/mol. The van der Waals surface area contributed by atoms with Gasteiger partial charge in [-0.3, -0.25) is 4.79 Å². The lowest BCUT2D eigenvalue weighted by molar-refractivity contribution is -0.137. The van der Waals surface area contributed by atoms with Crippen molar-refractivity contribution in [1.82, 2.24) is 9.88 Å². The maximum atomic E-state index is 12.7. The highest BCUT2D eigenvalue weighted by molar-refractivity contribution is 7.10. The zero-order valence-corrected chi connectivity index (χ0v) is 13.4. The van der Waals surface area contributed by atoms with Crippen LogP contribution in [0.5, 0.6) is 5.88 Å². The largest absolute Gasteiger partial charge is 0.472 e. The first kappa shape index (κ1) is 16.8. The summed E-state index contributed by atoms with van der Waals surface area (Å²) in [7, 11) is 0. The van der Waals surface area contributed by atoms with Gasteiger partial charge in [0.15, 0.2) is 0 Å². The number of likely N-dealkylation sites (tertiary alicyclic amines) is 1. The number of aromatic nitrogens is 1. The molecule has 0 unspecified atom stereocenters. The molecule has 0 bridgehead atoms. The van der Waals surface area contributed by atoms with E-state index in [4.69, 9.17) is 4.74 Å². The first-order valence-electron chi connectivity index (χ1n) is 7.42. The van der Waals surface area contributed by atoms with Crippen molar-refractivity contribution in [2.45, 2.75) is 25.1 Å². The average molecular weight is 356 g/mol. The van der Waals surface area contributed by atoms with Crippen LogP contribution in [0.2, 0.25) is 0 Å². The zero-order valence-electron chi connectivity index (χ0n) is 12.6. The smallest absolute Gasteiger partial charge is 0.416 e. The fourth-order valence-corrected chi connectivity index (χ4v) is 3.24. The van der Waals surface area contributed by atoms with Gasteiger partial charge in [0.05, 0.1) is 18.5 Å². The van der Waals surface area contributed by atoms with Crippen LogP contribution < -0.4 is 4.74 Å². The number of rotatable bonds is 4. The van der Waals surface area contributed by atoms with Crippen LogP contribution in [0.15, 0.2) is 35.8 Å². The minimum atomic E-state index is -4.43. The highest BCUT2D eigenvalue weighted by Gasteiger charge is 2.32. The van der Waals surface area contributed by atoms with E-state index in [1.807, 2.05) is 17.5 Å². The van der Waals surface area contributed by atoms with Crippen LogP contribution in [-0.4, -0.2) is 35.0 Å². The van der Waals surface area contributed by atoms with E-state index in [0.29, 0.717) is 25.9 Å². The van der Waals surface area contributed by atoms with Gasteiger partial charge in [0.1, 0.15) is 6.10 Å². The first-order chi connectivity index (χ1) is 11.4. The molecule has 2 aromatic heterocycles. The second kappa shape index (κ2) is 6.80. The van der Waals surface area contributed by atoms with Gasteiger partial charge in [0, 0.05) is 30.1 Å². The third kappa shape index (κ3) is 4.05. The fraction of sp³-hybridized carbons (Fsp3) is 0.375.